The standard InChI is InChI=1S/C16H15FN2O2/c17-13-3-1-2-12(8-13)10-21-15-6-4-11(9-14(15)18)5-7-16(19)20/h1-9H,10,18H2,(H2,19,20)/b7-5-. The Kier molecular flexibility index (Phi) is 4.56. The third-order valence-corrected chi connectivity index (χ3v) is 2.76. The lowest BCUT2D eigenvalue weighted by Crippen LogP contribution is -2.05. The molecule has 0 bridgehead atoms. The molecule has 0 saturated heterocycles. The SMILES string of the molecule is NC(=O)/C=C\c1ccc(OCc2cccc(F)c2)c(N)c1. The van der Waals surface area contributed by atoms with Crippen LogP contribution in [0.25, 0.3) is 6.08 Å². The van der Waals surface area contributed by atoms with Crippen molar-refractivity contribution in [1.29, 1.82) is 0 Å². The van der Waals surface area contributed by atoms with Crippen LogP contribution in [0.15, 0.2) is 48.5 Å². The van der Waals surface area contributed by atoms with Crippen LogP contribution in [0.4, 0.5) is 10.1 Å². The molecule has 0 aliphatic heterocycles. The van der Waals surface area contributed by atoms with Crippen LogP contribution in [0, 0.1) is 5.82 Å². The number of nitrogen functional groups attached to an aromatic ring is 1. The van der Waals surface area contributed by atoms with E-state index < -0.39 is 5.91 Å². The van der Waals surface area contributed by atoms with Gasteiger partial charge in [-0.3, -0.25) is 4.79 Å². The first-order chi connectivity index (χ1) is 10.0. The third kappa shape index (κ3) is 4.35. The first-order valence-corrected chi connectivity index (χ1v) is 6.29. The fraction of sp³-hybridized carbons (Fsp3) is 0.0625. The van der Waals surface area contributed by atoms with Crippen molar-refractivity contribution in [3.63, 3.8) is 0 Å². The molecule has 2 aromatic rings. The Hall–Kier alpha value is -2.82. The van der Waals surface area contributed by atoms with E-state index in [1.54, 1.807) is 36.4 Å². The Morgan fingerprint density at radius 1 is 1.24 bits per heavy atom. The molecule has 0 spiro atoms. The zero-order valence-electron chi connectivity index (χ0n) is 11.3. The second kappa shape index (κ2) is 6.56. The van der Waals surface area contributed by atoms with Crippen LogP contribution in [0.1, 0.15) is 11.1 Å². The third-order valence-electron chi connectivity index (χ3n) is 2.76. The maximum atomic E-state index is 13.0. The van der Waals surface area contributed by atoms with E-state index in [9.17, 15) is 9.18 Å². The van der Waals surface area contributed by atoms with Gasteiger partial charge in [0.05, 0.1) is 5.69 Å². The number of ether oxygens (including phenoxy) is 1. The summed E-state index contributed by atoms with van der Waals surface area (Å²) in [6.45, 7) is 0.221. The highest BCUT2D eigenvalue weighted by Crippen LogP contribution is 2.24. The maximum absolute atomic E-state index is 13.0. The van der Waals surface area contributed by atoms with E-state index in [1.807, 2.05) is 0 Å². The van der Waals surface area contributed by atoms with Crippen molar-refractivity contribution < 1.29 is 13.9 Å². The summed E-state index contributed by atoms with van der Waals surface area (Å²) in [6.07, 6.45) is 2.82. The molecular formula is C16H15FN2O2. The van der Waals surface area contributed by atoms with Gasteiger partial charge < -0.3 is 16.2 Å². The first kappa shape index (κ1) is 14.6. The number of nitrogens with two attached hydrogens (primary N) is 2. The van der Waals surface area contributed by atoms with Crippen LogP contribution in [0.2, 0.25) is 0 Å². The Morgan fingerprint density at radius 3 is 2.71 bits per heavy atom. The molecule has 2 aromatic carbocycles. The highest BCUT2D eigenvalue weighted by molar-refractivity contribution is 5.90. The number of anilines is 1. The Balaban J connectivity index is 2.06. The second-order valence-corrected chi connectivity index (χ2v) is 4.45. The van der Waals surface area contributed by atoms with E-state index in [4.69, 9.17) is 16.2 Å². The molecule has 0 saturated carbocycles. The second-order valence-electron chi connectivity index (χ2n) is 4.45. The maximum Gasteiger partial charge on any atom is 0.241 e. The average molecular weight is 286 g/mol. The van der Waals surface area contributed by atoms with Gasteiger partial charge in [0.25, 0.3) is 0 Å². The van der Waals surface area contributed by atoms with E-state index in [0.29, 0.717) is 17.0 Å². The lowest BCUT2D eigenvalue weighted by Gasteiger charge is -2.09. The molecule has 4 N–H and O–H groups in total. The summed E-state index contributed by atoms with van der Waals surface area (Å²) in [5.41, 5.74) is 12.8. The van der Waals surface area contributed by atoms with Gasteiger partial charge in [-0.15, -0.1) is 0 Å². The largest absolute Gasteiger partial charge is 0.487 e. The summed E-state index contributed by atoms with van der Waals surface area (Å²) in [4.78, 5) is 10.7. The summed E-state index contributed by atoms with van der Waals surface area (Å²) in [5.74, 6) is -0.341. The molecule has 4 nitrogen and oxygen atoms in total. The van der Waals surface area contributed by atoms with Crippen molar-refractivity contribution >= 4 is 17.7 Å². The molecule has 5 heteroatoms. The average Bonchev–Trinajstić information content (AvgIpc) is 2.44. The number of halogens is 1. The van der Waals surface area contributed by atoms with Gasteiger partial charge in [-0.05, 0) is 41.5 Å². The molecule has 0 aromatic heterocycles. The molecule has 2 rings (SSSR count). The zero-order chi connectivity index (χ0) is 15.2. The predicted molar refractivity (Wildman–Crippen MR) is 79.8 cm³/mol. The highest BCUT2D eigenvalue weighted by atomic mass is 19.1. The number of primary amides is 1. The minimum Gasteiger partial charge on any atom is -0.487 e. The minimum atomic E-state index is -0.528. The topological polar surface area (TPSA) is 78.3 Å². The van der Waals surface area contributed by atoms with Crippen LogP contribution < -0.4 is 16.2 Å². The molecular weight excluding hydrogens is 271 g/mol. The highest BCUT2D eigenvalue weighted by Gasteiger charge is 2.02. The normalized spacial score (nSPS) is 10.7. The molecule has 1 amide bonds. The summed E-state index contributed by atoms with van der Waals surface area (Å²) in [7, 11) is 0. The van der Waals surface area contributed by atoms with Crippen LogP contribution in [0.3, 0.4) is 0 Å². The van der Waals surface area contributed by atoms with Crippen molar-refractivity contribution in [2.75, 3.05) is 5.73 Å². The molecule has 0 radical (unpaired) electrons. The number of hydrogen-bond acceptors (Lipinski definition) is 3. The lowest BCUT2D eigenvalue weighted by molar-refractivity contribution is -0.113. The van der Waals surface area contributed by atoms with E-state index in [0.717, 1.165) is 5.56 Å². The van der Waals surface area contributed by atoms with E-state index in [2.05, 4.69) is 0 Å². The van der Waals surface area contributed by atoms with Crippen molar-refractivity contribution in [3.8, 4) is 5.75 Å². The fourth-order valence-corrected chi connectivity index (χ4v) is 1.77. The number of hydrogen-bond donors (Lipinski definition) is 2. The van der Waals surface area contributed by atoms with Crippen LogP contribution in [0.5, 0.6) is 5.75 Å². The van der Waals surface area contributed by atoms with Crippen molar-refractivity contribution in [3.05, 3.63) is 65.5 Å². The lowest BCUT2D eigenvalue weighted by atomic mass is 10.1. The van der Waals surface area contributed by atoms with E-state index in [1.165, 1.54) is 18.2 Å². The van der Waals surface area contributed by atoms with Crippen LogP contribution in [-0.4, -0.2) is 5.91 Å². The van der Waals surface area contributed by atoms with Gasteiger partial charge in [0.15, 0.2) is 0 Å². The Bertz CT molecular complexity index is 684. The van der Waals surface area contributed by atoms with Crippen LogP contribution in [-0.2, 0) is 11.4 Å². The van der Waals surface area contributed by atoms with Crippen LogP contribution >= 0.6 is 0 Å². The predicted octanol–water partition coefficient (Wildman–Crippen LogP) is 2.49. The van der Waals surface area contributed by atoms with Gasteiger partial charge in [0.2, 0.25) is 5.91 Å². The van der Waals surface area contributed by atoms with Gasteiger partial charge in [0, 0.05) is 6.08 Å². The molecule has 0 aliphatic carbocycles. The monoisotopic (exact) mass is 286 g/mol. The van der Waals surface area contributed by atoms with Gasteiger partial charge in [-0.25, -0.2) is 4.39 Å². The molecule has 0 atom stereocenters. The number of carbonyl (C=O) groups excluding carboxylic acids is 1. The Labute approximate surface area is 121 Å². The summed E-state index contributed by atoms with van der Waals surface area (Å²) in [5, 5.41) is 0. The molecule has 108 valence electrons. The number of rotatable bonds is 5. The summed E-state index contributed by atoms with van der Waals surface area (Å²) >= 11 is 0. The first-order valence-electron chi connectivity index (χ1n) is 6.29. The Morgan fingerprint density at radius 2 is 2.05 bits per heavy atom. The van der Waals surface area contributed by atoms with E-state index in [-0.39, 0.29) is 12.4 Å². The molecule has 0 aliphatic rings. The zero-order valence-corrected chi connectivity index (χ0v) is 11.3. The van der Waals surface area contributed by atoms with Crippen molar-refractivity contribution in [2.24, 2.45) is 5.73 Å². The summed E-state index contributed by atoms with van der Waals surface area (Å²) in [6, 6.07) is 11.3. The van der Waals surface area contributed by atoms with Gasteiger partial charge >= 0.3 is 0 Å². The van der Waals surface area contributed by atoms with Gasteiger partial charge in [-0.1, -0.05) is 18.2 Å². The molecule has 21 heavy (non-hydrogen) atoms. The summed E-state index contributed by atoms with van der Waals surface area (Å²) < 4.78 is 18.6. The van der Waals surface area contributed by atoms with Crippen molar-refractivity contribution in [1.82, 2.24) is 0 Å². The molecule has 0 heterocycles. The smallest absolute Gasteiger partial charge is 0.241 e. The fourth-order valence-electron chi connectivity index (χ4n) is 1.77. The van der Waals surface area contributed by atoms with Crippen molar-refractivity contribution in [2.45, 2.75) is 6.61 Å². The quantitative estimate of drug-likeness (QED) is 0.654. The number of carbonyl (C=O) groups is 1. The number of amides is 1. The van der Waals surface area contributed by atoms with E-state index >= 15 is 0 Å². The van der Waals surface area contributed by atoms with Gasteiger partial charge in [-0.2, -0.15) is 0 Å². The number of benzene rings is 2. The molecule has 0 unspecified atom stereocenters. The minimum absolute atomic E-state index is 0.221. The van der Waals surface area contributed by atoms with Gasteiger partial charge in [0.1, 0.15) is 18.2 Å². The molecule has 0 fully saturated rings.